The first-order chi connectivity index (χ1) is 8.04. The molecule has 0 unspecified atom stereocenters. The molecule has 6 heteroatoms. The first-order valence-corrected chi connectivity index (χ1v) is 5.49. The molecule has 0 aromatic heterocycles. The maximum Gasteiger partial charge on any atom is 0.325 e. The molecule has 17 heavy (non-hydrogen) atoms. The van der Waals surface area contributed by atoms with Gasteiger partial charge in [-0.25, -0.2) is 0 Å². The number of esters is 2. The van der Waals surface area contributed by atoms with Gasteiger partial charge in [0.1, 0.15) is 0 Å². The van der Waals surface area contributed by atoms with Crippen LogP contribution in [0.25, 0.3) is 0 Å². The number of hydrogen-bond acceptors (Lipinski definition) is 6. The van der Waals surface area contributed by atoms with Crippen LogP contribution in [0.15, 0.2) is 11.7 Å². The van der Waals surface area contributed by atoms with Crippen LogP contribution in [0.1, 0.15) is 39.5 Å². The minimum Gasteiger partial charge on any atom is -0.478 e. The number of ether oxygens (including phenoxy) is 2. The summed E-state index contributed by atoms with van der Waals surface area (Å²) in [5, 5.41) is 18.1. The van der Waals surface area contributed by atoms with Gasteiger partial charge in [0.2, 0.25) is 0 Å². The molecule has 0 rings (SSSR count). The van der Waals surface area contributed by atoms with Gasteiger partial charge in [-0.15, -0.1) is 0 Å². The van der Waals surface area contributed by atoms with E-state index in [1.807, 2.05) is 0 Å². The molecule has 0 aliphatic heterocycles. The fourth-order valence-corrected chi connectivity index (χ4v) is 0.888. The van der Waals surface area contributed by atoms with Crippen molar-refractivity contribution in [1.82, 2.24) is 0 Å². The second-order valence-electron chi connectivity index (χ2n) is 3.21. The molecule has 0 spiro atoms. The van der Waals surface area contributed by atoms with E-state index in [-0.39, 0.29) is 31.6 Å². The largest absolute Gasteiger partial charge is 0.478 e. The van der Waals surface area contributed by atoms with Crippen LogP contribution < -0.4 is 0 Å². The van der Waals surface area contributed by atoms with Gasteiger partial charge in [0.15, 0.2) is 5.76 Å². The molecule has 0 bridgehead atoms. The Bertz CT molecular complexity index is 294. The fourth-order valence-electron chi connectivity index (χ4n) is 0.888. The third-order valence-electron chi connectivity index (χ3n) is 1.83. The van der Waals surface area contributed by atoms with Crippen LogP contribution in [-0.4, -0.2) is 28.8 Å². The molecule has 0 aromatic carbocycles. The van der Waals surface area contributed by atoms with Crippen molar-refractivity contribution >= 4 is 11.9 Å². The van der Waals surface area contributed by atoms with Gasteiger partial charge in [0.05, 0.1) is 0 Å². The highest BCUT2D eigenvalue weighted by Crippen LogP contribution is 2.14. The van der Waals surface area contributed by atoms with E-state index in [1.54, 1.807) is 13.8 Å². The Kier molecular flexibility index (Phi) is 7.79. The third-order valence-corrected chi connectivity index (χ3v) is 1.83. The lowest BCUT2D eigenvalue weighted by Gasteiger charge is -2.09. The van der Waals surface area contributed by atoms with Crippen LogP contribution >= 0.6 is 0 Å². The average Bonchev–Trinajstić information content (AvgIpc) is 2.33. The van der Waals surface area contributed by atoms with Crippen molar-refractivity contribution in [2.45, 2.75) is 39.5 Å². The van der Waals surface area contributed by atoms with Crippen LogP contribution in [0.4, 0.5) is 0 Å². The van der Waals surface area contributed by atoms with E-state index >= 15 is 0 Å². The van der Waals surface area contributed by atoms with Gasteiger partial charge in [-0.05, 0) is 6.42 Å². The predicted octanol–water partition coefficient (Wildman–Crippen LogP) is 1.39. The quantitative estimate of drug-likeness (QED) is 0.521. The summed E-state index contributed by atoms with van der Waals surface area (Å²) in [6, 6.07) is 0. The zero-order valence-electron chi connectivity index (χ0n) is 10.1. The molecule has 0 fully saturated rings. The van der Waals surface area contributed by atoms with E-state index in [0.29, 0.717) is 6.42 Å². The van der Waals surface area contributed by atoms with E-state index in [1.165, 1.54) is 0 Å². The topological polar surface area (TPSA) is 93.1 Å². The van der Waals surface area contributed by atoms with Crippen LogP contribution in [0.5, 0.6) is 0 Å². The fraction of sp³-hybridized carbons (Fsp3) is 0.636. The minimum absolute atomic E-state index is 0.0963. The Morgan fingerprint density at radius 1 is 1.06 bits per heavy atom. The molecule has 2 N–H and O–H groups in total. The molecule has 0 aromatic rings. The first kappa shape index (κ1) is 15.4. The highest BCUT2D eigenvalue weighted by Gasteiger charge is 2.15. The van der Waals surface area contributed by atoms with Crippen LogP contribution in [0.3, 0.4) is 0 Å². The lowest BCUT2D eigenvalue weighted by Crippen LogP contribution is -2.10. The molecule has 0 saturated heterocycles. The summed E-state index contributed by atoms with van der Waals surface area (Å²) in [6.45, 7) is 3.05. The van der Waals surface area contributed by atoms with Crippen LogP contribution in [-0.2, 0) is 19.1 Å². The number of rotatable bonds is 7. The number of carbonyl (C=O) groups excluding carboxylic acids is 2. The molecule has 6 nitrogen and oxygen atoms in total. The lowest BCUT2D eigenvalue weighted by molar-refractivity contribution is -0.147. The Morgan fingerprint density at radius 3 is 2.06 bits per heavy atom. The molecular weight excluding hydrogens is 228 g/mol. The van der Waals surface area contributed by atoms with Crippen molar-refractivity contribution < 1.29 is 29.3 Å². The monoisotopic (exact) mass is 246 g/mol. The SMILES string of the molecule is CCC(=O)O/C(O)=C(/CCCO)OC(=O)CC. The number of allylic oxidation sites excluding steroid dienone is 1. The maximum absolute atomic E-state index is 11.1. The highest BCUT2D eigenvalue weighted by atomic mass is 16.6. The molecule has 98 valence electrons. The number of hydrogen-bond donors (Lipinski definition) is 2. The molecular formula is C11H18O6. The maximum atomic E-state index is 11.1. The summed E-state index contributed by atoms with van der Waals surface area (Å²) >= 11 is 0. The van der Waals surface area contributed by atoms with Crippen LogP contribution in [0, 0.1) is 0 Å². The second-order valence-corrected chi connectivity index (χ2v) is 3.21. The molecule has 0 heterocycles. The first-order valence-electron chi connectivity index (χ1n) is 5.49. The second kappa shape index (κ2) is 8.58. The highest BCUT2D eigenvalue weighted by molar-refractivity contribution is 5.71. The molecule has 0 aliphatic carbocycles. The number of aliphatic hydroxyl groups excluding tert-OH is 2. The molecule has 0 atom stereocenters. The van der Waals surface area contributed by atoms with E-state index in [2.05, 4.69) is 4.74 Å². The molecule has 0 radical (unpaired) electrons. The van der Waals surface area contributed by atoms with E-state index < -0.39 is 17.9 Å². The Labute approximate surface area is 99.8 Å². The number of aliphatic hydroxyl groups is 2. The van der Waals surface area contributed by atoms with Gasteiger partial charge in [-0.3, -0.25) is 9.59 Å². The lowest BCUT2D eigenvalue weighted by atomic mass is 10.3. The summed E-state index contributed by atoms with van der Waals surface area (Å²) in [4.78, 5) is 22.0. The van der Waals surface area contributed by atoms with Crippen molar-refractivity contribution in [1.29, 1.82) is 0 Å². The van der Waals surface area contributed by atoms with Crippen molar-refractivity contribution in [3.8, 4) is 0 Å². The van der Waals surface area contributed by atoms with Crippen molar-refractivity contribution in [3.63, 3.8) is 0 Å². The smallest absolute Gasteiger partial charge is 0.325 e. The van der Waals surface area contributed by atoms with Gasteiger partial charge in [-0.1, -0.05) is 13.8 Å². The standard InChI is InChI=1S/C11H18O6/c1-3-9(13)16-8(6-5-7-12)11(15)17-10(14)4-2/h12,15H,3-7H2,1-2H3/b11-8-. The minimum atomic E-state index is -0.716. The van der Waals surface area contributed by atoms with E-state index in [0.717, 1.165) is 0 Å². The molecule has 0 saturated carbocycles. The summed E-state index contributed by atoms with van der Waals surface area (Å²) in [6.07, 6.45) is 0.641. The van der Waals surface area contributed by atoms with Gasteiger partial charge in [-0.2, -0.15) is 0 Å². The predicted molar refractivity (Wildman–Crippen MR) is 58.7 cm³/mol. The van der Waals surface area contributed by atoms with E-state index in [4.69, 9.17) is 9.84 Å². The van der Waals surface area contributed by atoms with Crippen molar-refractivity contribution in [2.24, 2.45) is 0 Å². The Hall–Kier alpha value is -1.56. The number of carbonyl (C=O) groups is 2. The van der Waals surface area contributed by atoms with E-state index in [9.17, 15) is 14.7 Å². The normalized spacial score (nSPS) is 11.7. The summed E-state index contributed by atoms with van der Waals surface area (Å²) < 4.78 is 9.35. The summed E-state index contributed by atoms with van der Waals surface area (Å²) in [5.74, 6) is -2.02. The zero-order valence-corrected chi connectivity index (χ0v) is 10.1. The van der Waals surface area contributed by atoms with Crippen molar-refractivity contribution in [3.05, 3.63) is 11.7 Å². The average molecular weight is 246 g/mol. The molecule has 0 aliphatic rings. The van der Waals surface area contributed by atoms with Crippen molar-refractivity contribution in [2.75, 3.05) is 6.61 Å². The summed E-state index contributed by atoms with van der Waals surface area (Å²) in [7, 11) is 0. The zero-order chi connectivity index (χ0) is 13.3. The third kappa shape index (κ3) is 6.57. The Balaban J connectivity index is 4.66. The van der Waals surface area contributed by atoms with Gasteiger partial charge in [0, 0.05) is 25.9 Å². The Morgan fingerprint density at radius 2 is 1.59 bits per heavy atom. The molecule has 0 amide bonds. The summed E-state index contributed by atoms with van der Waals surface area (Å²) in [5.41, 5.74) is 0. The van der Waals surface area contributed by atoms with Gasteiger partial charge < -0.3 is 19.7 Å². The van der Waals surface area contributed by atoms with Gasteiger partial charge in [0.25, 0.3) is 0 Å². The van der Waals surface area contributed by atoms with Gasteiger partial charge >= 0.3 is 17.9 Å². The van der Waals surface area contributed by atoms with Crippen LogP contribution in [0.2, 0.25) is 0 Å².